The summed E-state index contributed by atoms with van der Waals surface area (Å²) in [5.41, 5.74) is 15.4. The summed E-state index contributed by atoms with van der Waals surface area (Å²) in [6.45, 7) is 0. The smallest absolute Gasteiger partial charge is 0.0541 e. The molecule has 11 aromatic carbocycles. The Kier molecular flexibility index (Phi) is 6.47. The zero-order chi connectivity index (χ0) is 37.9. The molecule has 58 heavy (non-hydrogen) atoms. The van der Waals surface area contributed by atoms with Crippen LogP contribution in [0.4, 0.5) is 11.4 Å². The van der Waals surface area contributed by atoms with E-state index in [0.29, 0.717) is 0 Å². The van der Waals surface area contributed by atoms with E-state index >= 15 is 0 Å². The number of aromatic nitrogens is 1. The van der Waals surface area contributed by atoms with Crippen LogP contribution in [0.15, 0.2) is 200 Å². The molecule has 0 atom stereocenters. The Hall–Kier alpha value is -7.68. The highest BCUT2D eigenvalue weighted by Crippen LogP contribution is 2.46. The van der Waals surface area contributed by atoms with Gasteiger partial charge < -0.3 is 9.88 Å². The van der Waals surface area contributed by atoms with Gasteiger partial charge in [-0.05, 0) is 120 Å². The largest absolute Gasteiger partial charge is 0.355 e. The molecule has 0 saturated carbocycles. The molecule has 0 saturated heterocycles. The fraction of sp³-hybridized carbons (Fsp3) is 0. The lowest BCUT2D eigenvalue weighted by Gasteiger charge is -2.21. The Bertz CT molecular complexity index is 3610. The Labute approximate surface area is 335 Å². The Morgan fingerprint density at radius 1 is 0.293 bits per heavy atom. The van der Waals surface area contributed by atoms with Gasteiger partial charge >= 0.3 is 0 Å². The van der Waals surface area contributed by atoms with Crippen LogP contribution in [0, 0.1) is 0 Å². The van der Waals surface area contributed by atoms with Crippen molar-refractivity contribution in [3.63, 3.8) is 0 Å². The highest BCUT2D eigenvalue weighted by Gasteiger charge is 2.20. The van der Waals surface area contributed by atoms with Gasteiger partial charge in [0.2, 0.25) is 0 Å². The summed E-state index contributed by atoms with van der Waals surface area (Å²) in [4.78, 5) is 0. The molecule has 0 fully saturated rings. The van der Waals surface area contributed by atoms with E-state index in [9.17, 15) is 0 Å². The molecular weight excluding hydrogens is 701 g/mol. The molecule has 0 unspecified atom stereocenters. The molecule has 0 aliphatic carbocycles. The molecule has 268 valence electrons. The van der Waals surface area contributed by atoms with Crippen molar-refractivity contribution >= 4 is 76.3 Å². The normalized spacial score (nSPS) is 12.3. The van der Waals surface area contributed by atoms with Gasteiger partial charge in [-0.25, -0.2) is 0 Å². The Morgan fingerprint density at radius 2 is 0.879 bits per heavy atom. The fourth-order valence-electron chi connectivity index (χ4n) is 10.1. The molecule has 0 spiro atoms. The predicted molar refractivity (Wildman–Crippen MR) is 247 cm³/mol. The van der Waals surface area contributed by atoms with Crippen LogP contribution in [-0.4, -0.2) is 4.57 Å². The van der Waals surface area contributed by atoms with E-state index in [4.69, 9.17) is 0 Å². The number of nitrogens with zero attached hydrogens (tertiary/aromatic N) is 1. The summed E-state index contributed by atoms with van der Waals surface area (Å²) in [6.07, 6.45) is 0. The second-order valence-corrected chi connectivity index (χ2v) is 15.7. The van der Waals surface area contributed by atoms with Crippen LogP contribution in [0.3, 0.4) is 0 Å². The predicted octanol–water partition coefficient (Wildman–Crippen LogP) is 15.6. The summed E-state index contributed by atoms with van der Waals surface area (Å²) in [5.74, 6) is 0. The monoisotopic (exact) mass is 734 g/mol. The van der Waals surface area contributed by atoms with Gasteiger partial charge in [0.25, 0.3) is 0 Å². The summed E-state index contributed by atoms with van der Waals surface area (Å²) in [7, 11) is 0. The van der Waals surface area contributed by atoms with Crippen molar-refractivity contribution in [2.45, 2.75) is 0 Å². The number of hydrogen-bond donors (Lipinski definition) is 1. The number of hydrogen-bond acceptors (Lipinski definition) is 1. The molecule has 2 nitrogen and oxygen atoms in total. The van der Waals surface area contributed by atoms with Crippen molar-refractivity contribution in [2.75, 3.05) is 5.32 Å². The van der Waals surface area contributed by atoms with Gasteiger partial charge in [-0.1, -0.05) is 152 Å². The third-order valence-corrected chi connectivity index (χ3v) is 12.7. The van der Waals surface area contributed by atoms with Gasteiger partial charge in [0.1, 0.15) is 0 Å². The van der Waals surface area contributed by atoms with E-state index in [-0.39, 0.29) is 0 Å². The number of benzene rings is 11. The standard InChI is InChI=1S/C56H34N2/c1-2-16-40-39(15-1)37-13-7-14-38(31-37)48-32-35(25-28-51(48)57-50-23-5-3-17-41(40)50)36-26-29-54-49(33-36)42-18-4-6-24-52(42)58(54)53-30-27-46-44-20-9-12-34-11-8-19-43(55(34)44)45-21-10-22-47(53)56(45)46/h1-33,57H. The second kappa shape index (κ2) is 11.9. The van der Waals surface area contributed by atoms with Crippen LogP contribution in [-0.2, 0) is 0 Å². The lowest BCUT2D eigenvalue weighted by molar-refractivity contribution is 1.20. The average molecular weight is 735 g/mol. The zero-order valence-corrected chi connectivity index (χ0v) is 31.5. The zero-order valence-electron chi connectivity index (χ0n) is 31.5. The van der Waals surface area contributed by atoms with Crippen LogP contribution < -0.4 is 5.32 Å². The van der Waals surface area contributed by atoms with Crippen molar-refractivity contribution in [3.05, 3.63) is 200 Å². The number of rotatable bonds is 2. The molecule has 0 radical (unpaired) electrons. The quantitative estimate of drug-likeness (QED) is 0.138. The van der Waals surface area contributed by atoms with Crippen molar-refractivity contribution in [1.82, 2.24) is 4.57 Å². The first-order valence-corrected chi connectivity index (χ1v) is 20.1. The maximum Gasteiger partial charge on any atom is 0.0541 e. The maximum atomic E-state index is 3.85. The van der Waals surface area contributed by atoms with Crippen LogP contribution in [0.25, 0.3) is 115 Å². The summed E-state index contributed by atoms with van der Waals surface area (Å²) in [5, 5.41) is 16.8. The van der Waals surface area contributed by atoms with Gasteiger partial charge in [0.15, 0.2) is 0 Å². The summed E-state index contributed by atoms with van der Waals surface area (Å²) in [6, 6.07) is 74.1. The van der Waals surface area contributed by atoms with Gasteiger partial charge in [-0.3, -0.25) is 0 Å². The van der Waals surface area contributed by atoms with E-state index < -0.39 is 0 Å². The van der Waals surface area contributed by atoms with E-state index in [1.54, 1.807) is 0 Å². The minimum absolute atomic E-state index is 1.09. The summed E-state index contributed by atoms with van der Waals surface area (Å²) >= 11 is 0. The first-order valence-electron chi connectivity index (χ1n) is 20.1. The topological polar surface area (TPSA) is 17.0 Å². The lowest BCUT2D eigenvalue weighted by atomic mass is 9.89. The van der Waals surface area contributed by atoms with Gasteiger partial charge in [-0.15, -0.1) is 0 Å². The van der Waals surface area contributed by atoms with Crippen molar-refractivity contribution < 1.29 is 0 Å². The van der Waals surface area contributed by atoms with Crippen LogP contribution in [0.5, 0.6) is 0 Å². The molecule has 12 aromatic rings. The first-order chi connectivity index (χ1) is 28.8. The molecule has 0 amide bonds. The maximum absolute atomic E-state index is 3.85. The van der Waals surface area contributed by atoms with E-state index in [1.807, 2.05) is 0 Å². The molecule has 2 heterocycles. The molecule has 2 bridgehead atoms. The molecular formula is C56H34N2. The average Bonchev–Trinajstić information content (AvgIpc) is 3.61. The van der Waals surface area contributed by atoms with Crippen molar-refractivity contribution in [3.8, 4) is 50.2 Å². The molecule has 1 aliphatic rings. The Morgan fingerprint density at radius 3 is 1.74 bits per heavy atom. The van der Waals surface area contributed by atoms with Gasteiger partial charge in [0.05, 0.1) is 16.7 Å². The van der Waals surface area contributed by atoms with Crippen LogP contribution >= 0.6 is 0 Å². The number of nitrogens with one attached hydrogen (secondary N) is 1. The third-order valence-electron chi connectivity index (χ3n) is 12.7. The molecule has 1 N–H and O–H groups in total. The highest BCUT2D eigenvalue weighted by atomic mass is 15.0. The molecule has 1 aromatic heterocycles. The van der Waals surface area contributed by atoms with E-state index in [1.165, 1.54) is 115 Å². The van der Waals surface area contributed by atoms with Crippen LogP contribution in [0.1, 0.15) is 0 Å². The fourth-order valence-corrected chi connectivity index (χ4v) is 10.1. The second-order valence-electron chi connectivity index (χ2n) is 15.7. The molecule has 1 aliphatic heterocycles. The minimum Gasteiger partial charge on any atom is -0.355 e. The van der Waals surface area contributed by atoms with Gasteiger partial charge in [-0.2, -0.15) is 0 Å². The lowest BCUT2D eigenvalue weighted by Crippen LogP contribution is -1.99. The van der Waals surface area contributed by atoms with Crippen molar-refractivity contribution in [1.29, 1.82) is 0 Å². The van der Waals surface area contributed by atoms with Crippen LogP contribution in [0.2, 0.25) is 0 Å². The van der Waals surface area contributed by atoms with E-state index in [0.717, 1.165) is 11.4 Å². The minimum atomic E-state index is 1.09. The van der Waals surface area contributed by atoms with Crippen molar-refractivity contribution in [2.24, 2.45) is 0 Å². The first kappa shape index (κ1) is 31.5. The third kappa shape index (κ3) is 4.43. The molecule has 2 heteroatoms. The van der Waals surface area contributed by atoms with E-state index in [2.05, 4.69) is 210 Å². The Balaban J connectivity index is 1.01. The number of anilines is 2. The number of para-hydroxylation sites is 2. The SMILES string of the molecule is c1cc2cc(c1)-c1ccccc1-c1ccccc1Nc1ccc(-c3ccc4c(c3)c3ccccc3n4-c3ccc4c5cccc6cccc(c7cccc3c74)c65)cc1-2. The van der Waals surface area contributed by atoms with Gasteiger partial charge in [0, 0.05) is 38.7 Å². The number of fused-ring (bicyclic) bond motifs is 13. The molecule has 13 rings (SSSR count). The summed E-state index contributed by atoms with van der Waals surface area (Å²) < 4.78 is 2.48. The highest BCUT2D eigenvalue weighted by molar-refractivity contribution is 6.33.